The summed E-state index contributed by atoms with van der Waals surface area (Å²) in [6.07, 6.45) is 8.64. The summed E-state index contributed by atoms with van der Waals surface area (Å²) in [4.78, 5) is 4.82. The van der Waals surface area contributed by atoms with Gasteiger partial charge in [-0.25, -0.2) is 0 Å². The van der Waals surface area contributed by atoms with E-state index in [0.717, 1.165) is 140 Å². The smallest absolute Gasteiger partial charge is 0.143 e. The van der Waals surface area contributed by atoms with Crippen LogP contribution in [-0.4, -0.2) is 6.10 Å². The van der Waals surface area contributed by atoms with Crippen LogP contribution in [0.4, 0.5) is 34.1 Å². The fourth-order valence-corrected chi connectivity index (χ4v) is 17.1. The van der Waals surface area contributed by atoms with Crippen LogP contribution in [0.3, 0.4) is 0 Å². The van der Waals surface area contributed by atoms with Crippen molar-refractivity contribution in [3.05, 3.63) is 418 Å². The molecule has 1 aromatic heterocycles. The molecule has 2 heterocycles. The maximum atomic E-state index is 7.34. The van der Waals surface area contributed by atoms with Gasteiger partial charge < -0.3 is 19.0 Å². The van der Waals surface area contributed by atoms with Crippen LogP contribution < -0.4 is 14.5 Å². The third-order valence-electron chi connectivity index (χ3n) is 22.6. The van der Waals surface area contributed by atoms with Crippen molar-refractivity contribution in [2.45, 2.75) is 12.0 Å². The fraction of sp³-hybridized carbons (Fsp3) is 0.0189. The number of hydrogen-bond donors (Lipinski definition) is 0. The van der Waals surface area contributed by atoms with Gasteiger partial charge in [0.1, 0.15) is 23.0 Å². The Morgan fingerprint density at radius 1 is 0.227 bits per heavy atom. The molecule has 0 fully saturated rings. The molecule has 0 saturated carbocycles. The van der Waals surface area contributed by atoms with Crippen molar-refractivity contribution in [3.8, 4) is 94.8 Å². The fourth-order valence-electron chi connectivity index (χ4n) is 17.1. The highest BCUT2D eigenvalue weighted by Crippen LogP contribution is 2.52. The van der Waals surface area contributed by atoms with E-state index in [1.165, 1.54) is 59.8 Å². The predicted octanol–water partition coefficient (Wildman–Crippen LogP) is 29.4. The van der Waals surface area contributed by atoms with Crippen molar-refractivity contribution in [3.63, 3.8) is 0 Å². The van der Waals surface area contributed by atoms with Crippen molar-refractivity contribution < 1.29 is 9.15 Å². The van der Waals surface area contributed by atoms with Gasteiger partial charge in [0.25, 0.3) is 0 Å². The number of para-hydroxylation sites is 4. The number of fused-ring (bicyclic) bond motifs is 10. The van der Waals surface area contributed by atoms with Crippen LogP contribution in [0.5, 0.6) is 5.75 Å². The van der Waals surface area contributed by atoms with Crippen LogP contribution in [0.1, 0.15) is 11.5 Å². The highest BCUT2D eigenvalue weighted by atomic mass is 16.5. The highest BCUT2D eigenvalue weighted by Gasteiger charge is 2.35. The number of ether oxygens (including phenoxy) is 1. The van der Waals surface area contributed by atoms with Gasteiger partial charge in [-0.1, -0.05) is 303 Å². The van der Waals surface area contributed by atoms with Gasteiger partial charge in [-0.15, -0.1) is 0 Å². The van der Waals surface area contributed by atoms with E-state index in [-0.39, 0.29) is 12.0 Å². The molecule has 110 heavy (non-hydrogen) atoms. The number of hydrogen-bond acceptors (Lipinski definition) is 4. The molecule has 2 atom stereocenters. The minimum Gasteiger partial charge on any atom is -0.484 e. The number of allylic oxidation sites excluding steroid dienone is 2. The molecule has 4 heteroatoms. The summed E-state index contributed by atoms with van der Waals surface area (Å²) in [5.41, 5.74) is 26.9. The van der Waals surface area contributed by atoms with Crippen LogP contribution in [0, 0.1) is 0 Å². The molecule has 19 aromatic rings. The second kappa shape index (κ2) is 26.9. The van der Waals surface area contributed by atoms with Gasteiger partial charge >= 0.3 is 0 Å². The zero-order valence-corrected chi connectivity index (χ0v) is 60.1. The molecule has 1 aliphatic carbocycles. The Morgan fingerprint density at radius 3 is 1.27 bits per heavy atom. The van der Waals surface area contributed by atoms with E-state index in [1.54, 1.807) is 0 Å². The Bertz CT molecular complexity index is 6890. The summed E-state index contributed by atoms with van der Waals surface area (Å²) < 4.78 is 14.2. The normalized spacial score (nSPS) is 13.6. The van der Waals surface area contributed by atoms with E-state index in [1.807, 2.05) is 0 Å². The van der Waals surface area contributed by atoms with Crippen molar-refractivity contribution in [1.82, 2.24) is 0 Å². The molecular weight excluding hydrogens is 1330 g/mol. The minimum atomic E-state index is -0.0419. The number of benzene rings is 18. The van der Waals surface area contributed by atoms with Crippen molar-refractivity contribution in [2.75, 3.05) is 9.80 Å². The Kier molecular flexibility index (Phi) is 15.7. The number of furan rings is 1. The summed E-state index contributed by atoms with van der Waals surface area (Å²) in [5.74, 6) is 1.10. The summed E-state index contributed by atoms with van der Waals surface area (Å²) >= 11 is 0. The van der Waals surface area contributed by atoms with Crippen LogP contribution in [-0.2, 0) is 0 Å². The van der Waals surface area contributed by atoms with E-state index in [0.29, 0.717) is 0 Å². The molecule has 0 saturated heterocycles. The molecule has 0 spiro atoms. The lowest BCUT2D eigenvalue weighted by molar-refractivity contribution is 0.270. The van der Waals surface area contributed by atoms with Gasteiger partial charge in [-0.05, 0) is 219 Å². The third-order valence-corrected chi connectivity index (χ3v) is 22.6. The van der Waals surface area contributed by atoms with Crippen molar-refractivity contribution in [1.29, 1.82) is 0 Å². The maximum Gasteiger partial charge on any atom is 0.143 e. The summed E-state index contributed by atoms with van der Waals surface area (Å²) in [7, 11) is 0. The van der Waals surface area contributed by atoms with Crippen LogP contribution >= 0.6 is 0 Å². The number of nitrogens with zero attached hydrogens (tertiary/aromatic N) is 2. The molecular formula is C106H70N2O2. The molecule has 2 aliphatic rings. The first-order valence-electron chi connectivity index (χ1n) is 37.9. The van der Waals surface area contributed by atoms with Crippen molar-refractivity contribution >= 4 is 99.2 Å². The van der Waals surface area contributed by atoms with Gasteiger partial charge in [0.05, 0.1) is 11.4 Å². The standard InChI is InChI=1S/C106H70N2O2/c1-3-24-76-62-79(46-44-69(76)20-1)78-28-15-29-88(67-78)108(87-59-52-75(53-60-87)92-36-17-27-73-23-6-8-31-90(73)92)102-42-13-10-33-94(102)98-38-19-40-100-96-61-54-81(68-104(96)110-106(98)100)84-65-82(64-83(66-84)80-47-45-70-21-2-4-25-77(70)63-80)71-48-55-85(56-49-71)107(86-57-50-74(51-58-86)91-35-16-26-72-22-5-7-30-89(72)91)101-41-12-9-32-93(101)97-37-18-39-99-95-34-11-14-43-103(95)109-105(97)99/h1-68,95,103H. The van der Waals surface area contributed by atoms with Gasteiger partial charge in [-0.2, -0.15) is 0 Å². The van der Waals surface area contributed by atoms with Crippen molar-refractivity contribution in [2.24, 2.45) is 0 Å². The first kappa shape index (κ1) is 64.1. The SMILES string of the molecule is C1=CC2Oc3c(-c4ccccc4N(c4ccc(-c5cc(-c6ccc7ccccc7c6)cc(-c6ccc7c(c6)oc6c(-c8ccccc8N(c8ccc(-c9cccc%10ccccc9%10)cc8)c8cccc(-c9ccc%10ccccc%10c9)c8)cccc67)c5)cc4)c4ccc(-c5cccc6ccccc56)cc4)cccc3C2C=C1. The number of rotatable bonds is 14. The van der Waals surface area contributed by atoms with E-state index < -0.39 is 0 Å². The average Bonchev–Trinajstić information content (AvgIpc) is 1.58. The van der Waals surface area contributed by atoms with Gasteiger partial charge in [0, 0.05) is 67.3 Å². The molecule has 516 valence electrons. The lowest BCUT2D eigenvalue weighted by atomic mass is 9.90. The Balaban J connectivity index is 0.673. The molecule has 4 nitrogen and oxygen atoms in total. The minimum absolute atomic E-state index is 0.0419. The largest absolute Gasteiger partial charge is 0.484 e. The Labute approximate surface area is 638 Å². The lowest BCUT2D eigenvalue weighted by Gasteiger charge is -2.28. The zero-order chi connectivity index (χ0) is 72.6. The topological polar surface area (TPSA) is 28.9 Å². The van der Waals surface area contributed by atoms with E-state index in [4.69, 9.17) is 9.15 Å². The molecule has 21 rings (SSSR count). The monoisotopic (exact) mass is 1400 g/mol. The van der Waals surface area contributed by atoms with E-state index in [9.17, 15) is 0 Å². The molecule has 2 unspecified atom stereocenters. The maximum absolute atomic E-state index is 7.34. The lowest BCUT2D eigenvalue weighted by Crippen LogP contribution is -2.15. The summed E-state index contributed by atoms with van der Waals surface area (Å²) in [6, 6.07) is 142. The molecule has 1 aliphatic heterocycles. The molecule has 0 N–H and O–H groups in total. The Morgan fingerprint density at radius 2 is 0.645 bits per heavy atom. The molecule has 0 bridgehead atoms. The third kappa shape index (κ3) is 11.4. The van der Waals surface area contributed by atoms with Crippen LogP contribution in [0.15, 0.2) is 417 Å². The summed E-state index contributed by atoms with van der Waals surface area (Å²) in [5, 5.41) is 11.8. The quantitative estimate of drug-likeness (QED) is 0.108. The second-order valence-electron chi connectivity index (χ2n) is 29.0. The van der Waals surface area contributed by atoms with Crippen LogP contribution in [0.25, 0.3) is 154 Å². The first-order chi connectivity index (χ1) is 54.5. The van der Waals surface area contributed by atoms with Crippen LogP contribution in [0.2, 0.25) is 0 Å². The first-order valence-corrected chi connectivity index (χ1v) is 37.9. The highest BCUT2D eigenvalue weighted by molar-refractivity contribution is 6.12. The summed E-state index contributed by atoms with van der Waals surface area (Å²) in [6.45, 7) is 0. The average molecular weight is 1400 g/mol. The van der Waals surface area contributed by atoms with E-state index in [2.05, 4.69) is 422 Å². The predicted molar refractivity (Wildman–Crippen MR) is 462 cm³/mol. The zero-order valence-electron chi connectivity index (χ0n) is 60.1. The molecule has 0 amide bonds. The second-order valence-corrected chi connectivity index (χ2v) is 29.0. The number of anilines is 6. The van der Waals surface area contributed by atoms with Gasteiger partial charge in [0.2, 0.25) is 0 Å². The van der Waals surface area contributed by atoms with Gasteiger partial charge in [-0.3, -0.25) is 0 Å². The van der Waals surface area contributed by atoms with Gasteiger partial charge in [0.15, 0.2) is 0 Å². The molecule has 0 radical (unpaired) electrons. The van der Waals surface area contributed by atoms with E-state index >= 15 is 0 Å². The molecule has 18 aromatic carbocycles. The Hall–Kier alpha value is -14.3.